The van der Waals surface area contributed by atoms with Crippen LogP contribution >= 0.6 is 23.1 Å². The van der Waals surface area contributed by atoms with E-state index in [1.54, 1.807) is 18.4 Å². The lowest BCUT2D eigenvalue weighted by atomic mass is 9.72. The number of methoxy groups -OCH3 is 1. The van der Waals surface area contributed by atoms with Crippen molar-refractivity contribution in [3.63, 3.8) is 0 Å². The lowest BCUT2D eigenvalue weighted by Gasteiger charge is -2.33. The summed E-state index contributed by atoms with van der Waals surface area (Å²) < 4.78 is 7.27. The molecule has 3 aromatic rings. The Balaban J connectivity index is 1.40. The second-order valence-corrected chi connectivity index (χ2v) is 12.2. The first kappa shape index (κ1) is 26.2. The average molecular weight is 524 g/mol. The van der Waals surface area contributed by atoms with E-state index in [4.69, 9.17) is 4.74 Å². The monoisotopic (exact) mass is 523 g/mol. The molecule has 1 atom stereocenters. The topological polar surface area (TPSA) is 92.8 Å². The predicted molar refractivity (Wildman–Crippen MR) is 145 cm³/mol. The van der Waals surface area contributed by atoms with Gasteiger partial charge in [0.1, 0.15) is 22.6 Å². The molecule has 2 aromatic heterocycles. The summed E-state index contributed by atoms with van der Waals surface area (Å²) in [7, 11) is 1.65. The maximum atomic E-state index is 12.8. The van der Waals surface area contributed by atoms with Crippen molar-refractivity contribution in [1.29, 1.82) is 5.26 Å². The maximum absolute atomic E-state index is 12.8. The molecule has 4 rings (SSSR count). The smallest absolute Gasteiger partial charge is 0.235 e. The van der Waals surface area contributed by atoms with Crippen LogP contribution < -0.4 is 10.1 Å². The summed E-state index contributed by atoms with van der Waals surface area (Å²) in [5.74, 6) is 2.33. The number of nitriles is 1. The van der Waals surface area contributed by atoms with Gasteiger partial charge in [0.15, 0.2) is 5.16 Å². The molecule has 0 aliphatic heterocycles. The summed E-state index contributed by atoms with van der Waals surface area (Å²) in [5.41, 5.74) is 3.11. The molecule has 7 nitrogen and oxygen atoms in total. The second-order valence-electron chi connectivity index (χ2n) is 10.1. The summed E-state index contributed by atoms with van der Waals surface area (Å²) in [5, 5.41) is 22.9. The van der Waals surface area contributed by atoms with Crippen molar-refractivity contribution >= 4 is 34.0 Å². The first-order chi connectivity index (χ1) is 17.2. The number of amides is 1. The highest BCUT2D eigenvalue weighted by Crippen LogP contribution is 2.44. The third-order valence-corrected chi connectivity index (χ3v) is 8.95. The number of fused-ring (bicyclic) bond motifs is 1. The Morgan fingerprint density at radius 1 is 1.31 bits per heavy atom. The minimum absolute atomic E-state index is 0.134. The molecule has 9 heteroatoms. The second kappa shape index (κ2) is 11.1. The van der Waals surface area contributed by atoms with E-state index in [-0.39, 0.29) is 17.1 Å². The fourth-order valence-electron chi connectivity index (χ4n) is 4.62. The van der Waals surface area contributed by atoms with Gasteiger partial charge in [0, 0.05) is 17.8 Å². The van der Waals surface area contributed by atoms with Crippen molar-refractivity contribution in [2.24, 2.45) is 11.3 Å². The summed E-state index contributed by atoms with van der Waals surface area (Å²) in [6, 6.07) is 10.2. The number of anilines is 1. The Morgan fingerprint density at radius 3 is 2.69 bits per heavy atom. The van der Waals surface area contributed by atoms with E-state index in [2.05, 4.69) is 42.4 Å². The number of carbonyl (C=O) groups excluding carboxylic acids is 1. The zero-order valence-electron chi connectivity index (χ0n) is 21.6. The first-order valence-corrected chi connectivity index (χ1v) is 14.1. The Bertz CT molecular complexity index is 1270. The van der Waals surface area contributed by atoms with Crippen LogP contribution in [-0.4, -0.2) is 33.5 Å². The van der Waals surface area contributed by atoms with Crippen molar-refractivity contribution in [2.45, 2.75) is 65.1 Å². The molecule has 1 aromatic carbocycles. The minimum atomic E-state index is -0.134. The largest absolute Gasteiger partial charge is 0.497 e. The van der Waals surface area contributed by atoms with E-state index >= 15 is 0 Å². The molecule has 1 amide bonds. The number of ether oxygens (including phenoxy) is 1. The number of thiophene rings is 1. The zero-order valence-corrected chi connectivity index (χ0v) is 23.2. The molecule has 0 fully saturated rings. The molecule has 1 N–H and O–H groups in total. The summed E-state index contributed by atoms with van der Waals surface area (Å²) in [4.78, 5) is 14.1. The van der Waals surface area contributed by atoms with Crippen LogP contribution in [0.3, 0.4) is 0 Å². The van der Waals surface area contributed by atoms with E-state index in [0.717, 1.165) is 47.1 Å². The van der Waals surface area contributed by atoms with Crippen molar-refractivity contribution in [2.75, 3.05) is 18.2 Å². The van der Waals surface area contributed by atoms with Crippen LogP contribution in [0.5, 0.6) is 5.75 Å². The zero-order chi connectivity index (χ0) is 25.9. The number of hydrogen-bond donors (Lipinski definition) is 1. The van der Waals surface area contributed by atoms with Gasteiger partial charge in [-0.15, -0.1) is 21.5 Å². The van der Waals surface area contributed by atoms with Gasteiger partial charge in [0.25, 0.3) is 0 Å². The van der Waals surface area contributed by atoms with Crippen LogP contribution in [0.25, 0.3) is 0 Å². The van der Waals surface area contributed by atoms with E-state index in [9.17, 15) is 10.1 Å². The number of aromatic nitrogens is 3. The molecule has 0 saturated carbocycles. The molecule has 190 valence electrons. The minimum Gasteiger partial charge on any atom is -0.497 e. The summed E-state index contributed by atoms with van der Waals surface area (Å²) in [6.07, 6.45) is 3.60. The number of hydrogen-bond acceptors (Lipinski definition) is 7. The lowest BCUT2D eigenvalue weighted by Crippen LogP contribution is -2.26. The van der Waals surface area contributed by atoms with Gasteiger partial charge in [-0.25, -0.2) is 0 Å². The molecular formula is C27H33N5O2S2. The maximum Gasteiger partial charge on any atom is 0.235 e. The highest BCUT2D eigenvalue weighted by molar-refractivity contribution is 7.99. The predicted octanol–water partition coefficient (Wildman–Crippen LogP) is 5.71. The molecule has 0 bridgehead atoms. The van der Waals surface area contributed by atoms with E-state index < -0.39 is 0 Å². The number of thioether (sulfide) groups is 1. The third kappa shape index (κ3) is 5.76. The fraction of sp³-hybridized carbons (Fsp3) is 0.481. The van der Waals surface area contributed by atoms with Gasteiger partial charge < -0.3 is 14.6 Å². The fourth-order valence-corrected chi connectivity index (χ4v) is 6.74. The van der Waals surface area contributed by atoms with Crippen molar-refractivity contribution in [1.82, 2.24) is 14.8 Å². The van der Waals surface area contributed by atoms with Gasteiger partial charge in [-0.3, -0.25) is 4.79 Å². The molecular weight excluding hydrogens is 490 g/mol. The summed E-state index contributed by atoms with van der Waals surface area (Å²) in [6.45, 7) is 9.59. The molecule has 0 radical (unpaired) electrons. The third-order valence-electron chi connectivity index (χ3n) is 6.82. The molecule has 0 saturated heterocycles. The van der Waals surface area contributed by atoms with E-state index in [1.165, 1.54) is 16.6 Å². The Kier molecular flexibility index (Phi) is 8.06. The van der Waals surface area contributed by atoms with Crippen molar-refractivity contribution < 1.29 is 9.53 Å². The van der Waals surface area contributed by atoms with Gasteiger partial charge >= 0.3 is 0 Å². The highest BCUT2D eigenvalue weighted by Gasteiger charge is 2.32. The van der Waals surface area contributed by atoms with Crippen molar-refractivity contribution in [3.8, 4) is 11.8 Å². The van der Waals surface area contributed by atoms with Crippen molar-refractivity contribution in [3.05, 3.63) is 51.7 Å². The number of nitrogens with one attached hydrogen (secondary N) is 1. The Hall–Kier alpha value is -2.83. The van der Waals surface area contributed by atoms with Gasteiger partial charge in [0.2, 0.25) is 5.91 Å². The van der Waals surface area contributed by atoms with E-state index in [0.29, 0.717) is 29.4 Å². The number of carbonyl (C=O) groups is 1. The van der Waals surface area contributed by atoms with Crippen LogP contribution in [0.1, 0.15) is 61.5 Å². The number of benzene rings is 1. The Labute approximate surface area is 221 Å². The number of nitrogens with zero attached hydrogens (tertiary/aromatic N) is 4. The van der Waals surface area contributed by atoms with Crippen LogP contribution in [0.4, 0.5) is 5.00 Å². The van der Waals surface area contributed by atoms with Gasteiger partial charge in [0.05, 0.1) is 18.4 Å². The number of rotatable bonds is 8. The molecule has 0 unspecified atom stereocenters. The SMILES string of the molecule is CCn1c(Cc2ccc(OC)cc2)nnc1SCC(=O)Nc1sc2c(c1C#N)CC[C@H](C(C)(C)C)C2. The van der Waals surface area contributed by atoms with Gasteiger partial charge in [-0.05, 0) is 60.8 Å². The average Bonchev–Trinajstić information content (AvgIpc) is 3.41. The highest BCUT2D eigenvalue weighted by atomic mass is 32.2. The standard InChI is InChI=1S/C27H33N5O2S2/c1-6-32-23(13-17-7-10-19(34-5)11-8-17)30-31-26(32)35-16-24(33)29-25-21(15-28)20-12-9-18(27(2,3)4)14-22(20)36-25/h7-8,10-11,18H,6,9,12-14,16H2,1-5H3,(H,29,33)/t18-/m0/s1. The summed E-state index contributed by atoms with van der Waals surface area (Å²) >= 11 is 2.93. The van der Waals surface area contributed by atoms with Crippen LogP contribution in [0.2, 0.25) is 0 Å². The molecule has 36 heavy (non-hydrogen) atoms. The molecule has 1 aliphatic rings. The van der Waals surface area contributed by atoms with Crippen LogP contribution in [0.15, 0.2) is 29.4 Å². The lowest BCUT2D eigenvalue weighted by molar-refractivity contribution is -0.113. The van der Waals surface area contributed by atoms with Gasteiger partial charge in [-0.2, -0.15) is 5.26 Å². The first-order valence-electron chi connectivity index (χ1n) is 12.3. The van der Waals surface area contributed by atoms with Crippen LogP contribution in [-0.2, 0) is 30.6 Å². The molecule has 0 spiro atoms. The Morgan fingerprint density at radius 2 is 2.06 bits per heavy atom. The van der Waals surface area contributed by atoms with E-state index in [1.807, 2.05) is 35.8 Å². The molecule has 1 aliphatic carbocycles. The van der Waals surface area contributed by atoms with Gasteiger partial charge in [-0.1, -0.05) is 44.7 Å². The normalized spacial score (nSPS) is 15.3. The van der Waals surface area contributed by atoms with Crippen LogP contribution in [0, 0.1) is 22.7 Å². The quantitative estimate of drug-likeness (QED) is 0.380. The molecule has 2 heterocycles.